The minimum absolute atomic E-state index is 0.00186. The number of furan rings is 1. The number of carbonyl (C=O) groups is 1. The lowest BCUT2D eigenvalue weighted by atomic mass is 10.1. The average molecular weight is 352 g/mol. The average Bonchev–Trinajstić information content (AvgIpc) is 2.91. The van der Waals surface area contributed by atoms with E-state index in [2.05, 4.69) is 21.2 Å². The molecule has 2 rings (SSSR count). The maximum Gasteiger partial charge on any atom is 0.275 e. The number of halogens is 1. The summed E-state index contributed by atoms with van der Waals surface area (Å²) in [5.74, 6) is 0.927. The molecule has 0 aliphatic rings. The molecule has 0 fully saturated rings. The number of hydrogen-bond donors (Lipinski definition) is 2. The Morgan fingerprint density at radius 1 is 1.33 bits per heavy atom. The van der Waals surface area contributed by atoms with Crippen LogP contribution in [0.1, 0.15) is 24.3 Å². The van der Waals surface area contributed by atoms with Crippen molar-refractivity contribution < 1.29 is 14.1 Å². The van der Waals surface area contributed by atoms with E-state index in [1.165, 1.54) is 0 Å². The molecule has 1 heterocycles. The number of hydrogen-bond acceptors (Lipinski definition) is 2. The smallest absolute Gasteiger partial charge is 0.275 e. The fraction of sp³-hybridized carbons (Fsp3) is 0.312. The Morgan fingerprint density at radius 3 is 2.67 bits per heavy atom. The summed E-state index contributed by atoms with van der Waals surface area (Å²) >= 11 is 3.41. The van der Waals surface area contributed by atoms with Crippen LogP contribution >= 0.6 is 15.9 Å². The Morgan fingerprint density at radius 2 is 2.05 bits per heavy atom. The lowest BCUT2D eigenvalue weighted by Crippen LogP contribution is -3.08. The molecule has 0 saturated carbocycles. The van der Waals surface area contributed by atoms with Crippen molar-refractivity contribution in [2.24, 2.45) is 0 Å². The Kier molecular flexibility index (Phi) is 5.59. The van der Waals surface area contributed by atoms with E-state index in [-0.39, 0.29) is 11.9 Å². The number of nitrogens with one attached hydrogen (secondary N) is 2. The van der Waals surface area contributed by atoms with Gasteiger partial charge in [-0.15, -0.1) is 0 Å². The molecule has 2 N–H and O–H groups in total. The largest absolute Gasteiger partial charge is 0.463 e. The number of benzene rings is 1. The molecule has 0 saturated heterocycles. The Bertz CT molecular complexity index is 566. The molecule has 1 unspecified atom stereocenters. The highest BCUT2D eigenvalue weighted by Crippen LogP contribution is 2.16. The molecule has 1 aromatic carbocycles. The molecular formula is C16H20BrN2O2+. The van der Waals surface area contributed by atoms with Crippen molar-refractivity contribution in [3.63, 3.8) is 0 Å². The first-order valence-corrected chi connectivity index (χ1v) is 7.72. The first-order valence-electron chi connectivity index (χ1n) is 6.93. The Hall–Kier alpha value is -1.59. The van der Waals surface area contributed by atoms with Crippen molar-refractivity contribution in [2.75, 3.05) is 13.6 Å². The van der Waals surface area contributed by atoms with Crippen molar-refractivity contribution in [3.8, 4) is 0 Å². The first kappa shape index (κ1) is 15.8. The summed E-state index contributed by atoms with van der Waals surface area (Å²) in [6.07, 6.45) is 1.65. The third-order valence-corrected chi connectivity index (χ3v) is 3.79. The lowest BCUT2D eigenvalue weighted by Gasteiger charge is -2.17. The van der Waals surface area contributed by atoms with Gasteiger partial charge in [0.15, 0.2) is 12.3 Å². The van der Waals surface area contributed by atoms with Crippen molar-refractivity contribution in [3.05, 3.63) is 58.5 Å². The predicted molar refractivity (Wildman–Crippen MR) is 84.9 cm³/mol. The quantitative estimate of drug-likeness (QED) is 0.835. The highest BCUT2D eigenvalue weighted by atomic mass is 79.9. The predicted octanol–water partition coefficient (Wildman–Crippen LogP) is 1.93. The second-order valence-electron chi connectivity index (χ2n) is 5.23. The van der Waals surface area contributed by atoms with Crippen LogP contribution in [0.5, 0.6) is 0 Å². The van der Waals surface area contributed by atoms with Gasteiger partial charge in [-0.25, -0.2) is 0 Å². The highest BCUT2D eigenvalue weighted by Gasteiger charge is 2.14. The maximum atomic E-state index is 12.1. The molecule has 5 heteroatoms. The summed E-state index contributed by atoms with van der Waals surface area (Å²) in [6, 6.07) is 11.8. The SMILES string of the molecule is C[C@@H](NC(=O)C[NH+](C)Cc1ccco1)c1ccc(Br)cc1. The Labute approximate surface area is 133 Å². The van der Waals surface area contributed by atoms with Gasteiger partial charge < -0.3 is 14.6 Å². The zero-order valence-corrected chi connectivity index (χ0v) is 13.8. The summed E-state index contributed by atoms with van der Waals surface area (Å²) in [6.45, 7) is 3.11. The normalized spacial score (nSPS) is 13.7. The molecule has 1 amide bonds. The van der Waals surface area contributed by atoms with Crippen molar-refractivity contribution in [2.45, 2.75) is 19.5 Å². The van der Waals surface area contributed by atoms with Crippen LogP contribution in [0.4, 0.5) is 0 Å². The van der Waals surface area contributed by atoms with Gasteiger partial charge in [0.1, 0.15) is 6.54 Å². The summed E-state index contributed by atoms with van der Waals surface area (Å²) in [5, 5.41) is 3.02. The molecule has 0 aliphatic heterocycles. The van der Waals surface area contributed by atoms with Gasteiger partial charge >= 0.3 is 0 Å². The molecule has 2 aromatic rings. The number of likely N-dealkylation sites (N-methyl/N-ethyl adjacent to an activating group) is 1. The van der Waals surface area contributed by atoms with Crippen LogP contribution in [0.25, 0.3) is 0 Å². The zero-order chi connectivity index (χ0) is 15.2. The van der Waals surface area contributed by atoms with Crippen molar-refractivity contribution >= 4 is 21.8 Å². The Balaban J connectivity index is 1.82. The minimum atomic E-state index is 0.00186. The second kappa shape index (κ2) is 7.43. The van der Waals surface area contributed by atoms with Crippen LogP contribution < -0.4 is 10.2 Å². The summed E-state index contributed by atoms with van der Waals surface area (Å²) < 4.78 is 6.32. The molecular weight excluding hydrogens is 332 g/mol. The van der Waals surface area contributed by atoms with Gasteiger partial charge in [0.25, 0.3) is 5.91 Å². The van der Waals surface area contributed by atoms with Gasteiger partial charge in [0, 0.05) is 4.47 Å². The van der Waals surface area contributed by atoms with Gasteiger partial charge in [-0.05, 0) is 36.8 Å². The summed E-state index contributed by atoms with van der Waals surface area (Å²) in [5.41, 5.74) is 1.09. The lowest BCUT2D eigenvalue weighted by molar-refractivity contribution is -0.886. The van der Waals surface area contributed by atoms with Crippen molar-refractivity contribution in [1.82, 2.24) is 5.32 Å². The molecule has 2 atom stereocenters. The van der Waals surface area contributed by atoms with E-state index in [0.717, 1.165) is 20.7 Å². The first-order chi connectivity index (χ1) is 10.0. The number of carbonyl (C=O) groups excluding carboxylic acids is 1. The standard InChI is InChI=1S/C16H19BrN2O2/c1-12(13-5-7-14(17)8-6-13)18-16(20)11-19(2)10-15-4-3-9-21-15/h3-9,12H,10-11H2,1-2H3,(H,18,20)/p+1/t12-/m1/s1. The molecule has 1 aromatic heterocycles. The number of rotatable bonds is 6. The third-order valence-electron chi connectivity index (χ3n) is 3.27. The van der Waals surface area contributed by atoms with Gasteiger partial charge in [0.05, 0.1) is 19.4 Å². The van der Waals surface area contributed by atoms with Crippen molar-refractivity contribution in [1.29, 1.82) is 0 Å². The summed E-state index contributed by atoms with van der Waals surface area (Å²) in [4.78, 5) is 13.1. The van der Waals surface area contributed by atoms with E-state index in [1.807, 2.05) is 50.4 Å². The van der Waals surface area contributed by atoms with E-state index < -0.39 is 0 Å². The minimum Gasteiger partial charge on any atom is -0.463 e. The monoisotopic (exact) mass is 351 g/mol. The molecule has 21 heavy (non-hydrogen) atoms. The van der Waals surface area contributed by atoms with Crippen LogP contribution in [-0.2, 0) is 11.3 Å². The van der Waals surface area contributed by atoms with E-state index in [4.69, 9.17) is 4.42 Å². The van der Waals surface area contributed by atoms with Gasteiger partial charge in [-0.3, -0.25) is 4.79 Å². The van der Waals surface area contributed by atoms with Crippen LogP contribution in [0, 0.1) is 0 Å². The molecule has 0 radical (unpaired) electrons. The van der Waals surface area contributed by atoms with Crippen LogP contribution in [-0.4, -0.2) is 19.5 Å². The van der Waals surface area contributed by atoms with Gasteiger partial charge in [0.2, 0.25) is 0 Å². The highest BCUT2D eigenvalue weighted by molar-refractivity contribution is 9.10. The summed E-state index contributed by atoms with van der Waals surface area (Å²) in [7, 11) is 1.98. The third kappa shape index (κ3) is 5.02. The number of quaternary nitrogens is 1. The van der Waals surface area contributed by atoms with Crippen LogP contribution in [0.2, 0.25) is 0 Å². The van der Waals surface area contributed by atoms with E-state index in [0.29, 0.717) is 13.1 Å². The topological polar surface area (TPSA) is 46.7 Å². The van der Waals surface area contributed by atoms with Gasteiger partial charge in [-0.1, -0.05) is 28.1 Å². The molecule has 0 spiro atoms. The second-order valence-corrected chi connectivity index (χ2v) is 6.15. The molecule has 4 nitrogen and oxygen atoms in total. The molecule has 0 bridgehead atoms. The van der Waals surface area contributed by atoms with Crippen LogP contribution in [0.3, 0.4) is 0 Å². The van der Waals surface area contributed by atoms with E-state index in [1.54, 1.807) is 6.26 Å². The molecule has 112 valence electrons. The van der Waals surface area contributed by atoms with Gasteiger partial charge in [-0.2, -0.15) is 0 Å². The zero-order valence-electron chi connectivity index (χ0n) is 12.2. The van der Waals surface area contributed by atoms with E-state index >= 15 is 0 Å². The maximum absolute atomic E-state index is 12.1. The fourth-order valence-electron chi connectivity index (χ4n) is 2.17. The molecule has 0 aliphatic carbocycles. The number of amides is 1. The fourth-order valence-corrected chi connectivity index (χ4v) is 2.44. The van der Waals surface area contributed by atoms with E-state index in [9.17, 15) is 4.79 Å². The van der Waals surface area contributed by atoms with Crippen LogP contribution in [0.15, 0.2) is 51.6 Å².